The highest BCUT2D eigenvalue weighted by Gasteiger charge is 2.21. The van der Waals surface area contributed by atoms with Crippen molar-refractivity contribution >= 4 is 29.9 Å². The van der Waals surface area contributed by atoms with Crippen LogP contribution in [0.1, 0.15) is 45.4 Å². The number of halogens is 1. The minimum absolute atomic E-state index is 0. The van der Waals surface area contributed by atoms with Gasteiger partial charge in [0.25, 0.3) is 0 Å². The van der Waals surface area contributed by atoms with Crippen LogP contribution in [0.5, 0.6) is 0 Å². The van der Waals surface area contributed by atoms with Crippen molar-refractivity contribution < 1.29 is 0 Å². The molecule has 1 aliphatic carbocycles. The lowest BCUT2D eigenvalue weighted by Gasteiger charge is -2.34. The smallest absolute Gasteiger partial charge is 0.193 e. The number of piperidine rings is 1. The normalized spacial score (nSPS) is 24.3. The third-order valence-corrected chi connectivity index (χ3v) is 4.86. The van der Waals surface area contributed by atoms with E-state index in [9.17, 15) is 0 Å². The molecule has 0 aromatic carbocycles. The van der Waals surface area contributed by atoms with Crippen LogP contribution < -0.4 is 5.32 Å². The van der Waals surface area contributed by atoms with Crippen molar-refractivity contribution in [2.24, 2.45) is 10.9 Å². The van der Waals surface area contributed by atoms with Crippen LogP contribution in [0.2, 0.25) is 0 Å². The Morgan fingerprint density at radius 1 is 1.24 bits per heavy atom. The van der Waals surface area contributed by atoms with Crippen molar-refractivity contribution in [3.05, 3.63) is 0 Å². The Bertz CT molecular complexity index is 315. The molecule has 124 valence electrons. The third-order valence-electron chi connectivity index (χ3n) is 4.86. The molecular weight excluding hydrogens is 375 g/mol. The molecule has 0 bridgehead atoms. The van der Waals surface area contributed by atoms with Crippen LogP contribution in [0.15, 0.2) is 4.99 Å². The van der Waals surface area contributed by atoms with Gasteiger partial charge in [-0.05, 0) is 38.6 Å². The van der Waals surface area contributed by atoms with Crippen LogP contribution in [-0.2, 0) is 0 Å². The summed E-state index contributed by atoms with van der Waals surface area (Å²) in [5, 5.41) is 3.55. The van der Waals surface area contributed by atoms with Gasteiger partial charge in [0, 0.05) is 39.3 Å². The summed E-state index contributed by atoms with van der Waals surface area (Å²) in [7, 11) is 4.17. The van der Waals surface area contributed by atoms with Crippen LogP contribution in [-0.4, -0.2) is 62.1 Å². The second kappa shape index (κ2) is 9.87. The summed E-state index contributed by atoms with van der Waals surface area (Å²) in [6.07, 6.45) is 8.25. The molecule has 1 atom stereocenters. The molecule has 0 aromatic rings. The lowest BCUT2D eigenvalue weighted by molar-refractivity contribution is 0.242. The predicted molar refractivity (Wildman–Crippen MR) is 102 cm³/mol. The Morgan fingerprint density at radius 3 is 2.57 bits per heavy atom. The molecule has 2 rings (SSSR count). The van der Waals surface area contributed by atoms with E-state index in [1.165, 1.54) is 38.5 Å². The highest BCUT2D eigenvalue weighted by atomic mass is 127. The molecule has 21 heavy (non-hydrogen) atoms. The Morgan fingerprint density at radius 2 is 1.95 bits per heavy atom. The number of nitrogens with one attached hydrogen (secondary N) is 1. The first-order valence-electron chi connectivity index (χ1n) is 8.36. The summed E-state index contributed by atoms with van der Waals surface area (Å²) >= 11 is 0. The van der Waals surface area contributed by atoms with Gasteiger partial charge in [-0.3, -0.25) is 4.99 Å². The molecule has 1 saturated carbocycles. The predicted octanol–water partition coefficient (Wildman–Crippen LogP) is 2.79. The molecule has 2 aliphatic rings. The average Bonchev–Trinajstić information content (AvgIpc) is 2.97. The number of rotatable bonds is 4. The van der Waals surface area contributed by atoms with E-state index in [1.54, 1.807) is 0 Å². The third kappa shape index (κ3) is 5.93. The van der Waals surface area contributed by atoms with E-state index in [4.69, 9.17) is 0 Å². The molecule has 1 N–H and O–H groups in total. The van der Waals surface area contributed by atoms with Crippen molar-refractivity contribution in [1.29, 1.82) is 0 Å². The zero-order chi connectivity index (χ0) is 14.4. The molecule has 2 fully saturated rings. The van der Waals surface area contributed by atoms with E-state index >= 15 is 0 Å². The molecule has 0 amide bonds. The van der Waals surface area contributed by atoms with Crippen LogP contribution >= 0.6 is 24.0 Å². The highest BCUT2D eigenvalue weighted by molar-refractivity contribution is 14.0. The van der Waals surface area contributed by atoms with Gasteiger partial charge >= 0.3 is 0 Å². The first-order valence-corrected chi connectivity index (χ1v) is 8.36. The Labute approximate surface area is 147 Å². The van der Waals surface area contributed by atoms with Crippen LogP contribution in [0.4, 0.5) is 0 Å². The fraction of sp³-hybridized carbons (Fsp3) is 0.938. The van der Waals surface area contributed by atoms with E-state index in [-0.39, 0.29) is 24.0 Å². The minimum Gasteiger partial charge on any atom is -0.355 e. The van der Waals surface area contributed by atoms with Crippen molar-refractivity contribution in [2.75, 3.05) is 40.3 Å². The Hall–Kier alpha value is -0.0400. The highest BCUT2D eigenvalue weighted by Crippen LogP contribution is 2.21. The summed E-state index contributed by atoms with van der Waals surface area (Å²) in [5.74, 6) is 1.89. The molecule has 1 heterocycles. The lowest BCUT2D eigenvalue weighted by atomic mass is 10.0. The molecule has 5 heteroatoms. The van der Waals surface area contributed by atoms with Gasteiger partial charge in [-0.25, -0.2) is 0 Å². The maximum absolute atomic E-state index is 4.45. The molecule has 0 radical (unpaired) electrons. The maximum atomic E-state index is 4.45. The molecule has 0 spiro atoms. The molecule has 1 unspecified atom stereocenters. The molecule has 1 saturated heterocycles. The van der Waals surface area contributed by atoms with Crippen LogP contribution in [0.3, 0.4) is 0 Å². The quantitative estimate of drug-likeness (QED) is 0.441. The summed E-state index contributed by atoms with van der Waals surface area (Å²) in [5.41, 5.74) is 0. The minimum atomic E-state index is 0. The molecular formula is C16H33IN4. The maximum Gasteiger partial charge on any atom is 0.193 e. The van der Waals surface area contributed by atoms with E-state index in [2.05, 4.69) is 34.1 Å². The molecule has 0 aromatic heterocycles. The number of nitrogens with zero attached hydrogens (tertiary/aromatic N) is 3. The summed E-state index contributed by atoms with van der Waals surface area (Å²) < 4.78 is 0. The average molecular weight is 408 g/mol. The van der Waals surface area contributed by atoms with Crippen molar-refractivity contribution in [3.63, 3.8) is 0 Å². The van der Waals surface area contributed by atoms with E-state index in [0.29, 0.717) is 0 Å². The zero-order valence-electron chi connectivity index (χ0n) is 14.0. The van der Waals surface area contributed by atoms with Crippen molar-refractivity contribution in [1.82, 2.24) is 15.1 Å². The number of aliphatic imine (C=N–C) groups is 1. The van der Waals surface area contributed by atoms with Crippen molar-refractivity contribution in [2.45, 2.75) is 51.5 Å². The fourth-order valence-corrected chi connectivity index (χ4v) is 3.59. The monoisotopic (exact) mass is 408 g/mol. The second-order valence-corrected chi connectivity index (χ2v) is 6.59. The second-order valence-electron chi connectivity index (χ2n) is 6.59. The van der Waals surface area contributed by atoms with E-state index < -0.39 is 0 Å². The number of likely N-dealkylation sites (tertiary alicyclic amines) is 1. The van der Waals surface area contributed by atoms with Gasteiger partial charge in [-0.1, -0.05) is 19.8 Å². The van der Waals surface area contributed by atoms with Crippen LogP contribution in [0.25, 0.3) is 0 Å². The number of hydrogen-bond donors (Lipinski definition) is 1. The van der Waals surface area contributed by atoms with Gasteiger partial charge in [0.15, 0.2) is 5.96 Å². The first kappa shape index (κ1) is 19.0. The SMILES string of the molecule is CN=C(NCCN(C)C1CCCC1)N1CCCC(C)C1.I. The number of hydrogen-bond acceptors (Lipinski definition) is 2. The van der Waals surface area contributed by atoms with Gasteiger partial charge in [0.2, 0.25) is 0 Å². The number of guanidine groups is 1. The topological polar surface area (TPSA) is 30.9 Å². The lowest BCUT2D eigenvalue weighted by Crippen LogP contribution is -2.48. The fourth-order valence-electron chi connectivity index (χ4n) is 3.59. The number of likely N-dealkylation sites (N-methyl/N-ethyl adjacent to an activating group) is 1. The zero-order valence-corrected chi connectivity index (χ0v) is 16.3. The Balaban J connectivity index is 0.00000220. The molecule has 4 nitrogen and oxygen atoms in total. The Kier molecular flexibility index (Phi) is 8.94. The first-order chi connectivity index (χ1) is 9.70. The van der Waals surface area contributed by atoms with Crippen LogP contribution in [0, 0.1) is 5.92 Å². The van der Waals surface area contributed by atoms with Gasteiger partial charge in [-0.15, -0.1) is 24.0 Å². The van der Waals surface area contributed by atoms with Gasteiger partial charge in [0.1, 0.15) is 0 Å². The summed E-state index contributed by atoms with van der Waals surface area (Å²) in [6.45, 7) is 6.77. The standard InChI is InChI=1S/C16H32N4.HI/c1-14-7-6-11-20(13-14)16(17-2)18-10-12-19(3)15-8-4-5-9-15;/h14-15H,4-13H2,1-3H3,(H,17,18);1H. The largest absolute Gasteiger partial charge is 0.355 e. The van der Waals surface area contributed by atoms with Crippen molar-refractivity contribution in [3.8, 4) is 0 Å². The van der Waals surface area contributed by atoms with Gasteiger partial charge in [-0.2, -0.15) is 0 Å². The molecule has 1 aliphatic heterocycles. The van der Waals surface area contributed by atoms with Gasteiger partial charge < -0.3 is 15.1 Å². The van der Waals surface area contributed by atoms with E-state index in [1.807, 2.05) is 7.05 Å². The van der Waals surface area contributed by atoms with Gasteiger partial charge in [0.05, 0.1) is 0 Å². The summed E-state index contributed by atoms with van der Waals surface area (Å²) in [6, 6.07) is 0.814. The van der Waals surface area contributed by atoms with E-state index in [0.717, 1.165) is 44.1 Å². The summed E-state index contributed by atoms with van der Waals surface area (Å²) in [4.78, 5) is 9.39.